The highest BCUT2D eigenvalue weighted by Crippen LogP contribution is 2.14. The summed E-state index contributed by atoms with van der Waals surface area (Å²) in [5, 5.41) is 22.3. The lowest BCUT2D eigenvalue weighted by Gasteiger charge is -2.19. The van der Waals surface area contributed by atoms with Gasteiger partial charge in [-0.25, -0.2) is 0 Å². The van der Waals surface area contributed by atoms with Gasteiger partial charge in [-0.05, 0) is 44.9 Å². The van der Waals surface area contributed by atoms with Crippen LogP contribution in [0, 0.1) is 0 Å². The van der Waals surface area contributed by atoms with Crippen molar-refractivity contribution >= 4 is 5.91 Å². The van der Waals surface area contributed by atoms with E-state index in [1.54, 1.807) is 6.08 Å². The summed E-state index contributed by atoms with van der Waals surface area (Å²) in [7, 11) is 0. The molecule has 0 bridgehead atoms. The Labute approximate surface area is 249 Å². The Kier molecular flexibility index (Phi) is 31.0. The van der Waals surface area contributed by atoms with Crippen LogP contribution in [0.3, 0.4) is 0 Å². The van der Waals surface area contributed by atoms with Gasteiger partial charge in [0.05, 0.1) is 18.8 Å². The van der Waals surface area contributed by atoms with E-state index in [1.165, 1.54) is 116 Å². The second-order valence-electron chi connectivity index (χ2n) is 11.6. The first-order valence-electron chi connectivity index (χ1n) is 17.2. The van der Waals surface area contributed by atoms with Gasteiger partial charge in [0.2, 0.25) is 5.91 Å². The average molecular weight is 562 g/mol. The first kappa shape index (κ1) is 38.6. The largest absolute Gasteiger partial charge is 0.394 e. The minimum absolute atomic E-state index is 0.0787. The van der Waals surface area contributed by atoms with Crippen LogP contribution in [0.2, 0.25) is 0 Å². The van der Waals surface area contributed by atoms with Crippen molar-refractivity contribution in [2.24, 2.45) is 0 Å². The van der Waals surface area contributed by atoms with E-state index in [0.29, 0.717) is 6.42 Å². The molecule has 4 nitrogen and oxygen atoms in total. The highest BCUT2D eigenvalue weighted by molar-refractivity contribution is 5.76. The van der Waals surface area contributed by atoms with E-state index in [4.69, 9.17) is 0 Å². The maximum absolute atomic E-state index is 12.1. The predicted octanol–water partition coefficient (Wildman–Crippen LogP) is 9.90. The number of carbonyl (C=O) groups is 1. The molecular formula is C36H67NO3. The van der Waals surface area contributed by atoms with E-state index in [1.807, 2.05) is 6.08 Å². The molecule has 234 valence electrons. The van der Waals surface area contributed by atoms with Crippen molar-refractivity contribution in [3.63, 3.8) is 0 Å². The molecule has 0 aromatic carbocycles. The van der Waals surface area contributed by atoms with Crippen molar-refractivity contribution in [1.82, 2.24) is 5.32 Å². The number of amides is 1. The van der Waals surface area contributed by atoms with Crippen molar-refractivity contribution in [1.29, 1.82) is 0 Å². The minimum Gasteiger partial charge on any atom is -0.394 e. The minimum atomic E-state index is -0.833. The normalized spacial score (nSPS) is 13.6. The zero-order valence-electron chi connectivity index (χ0n) is 26.6. The molecule has 0 aromatic heterocycles. The van der Waals surface area contributed by atoms with Crippen LogP contribution in [0.1, 0.15) is 168 Å². The number of aliphatic hydroxyl groups excluding tert-OH is 2. The molecule has 0 aliphatic carbocycles. The summed E-state index contributed by atoms with van der Waals surface area (Å²) in [5.74, 6) is -0.0787. The number of hydrogen-bond donors (Lipinski definition) is 3. The number of carbonyl (C=O) groups excluding carboxylic acids is 1. The zero-order chi connectivity index (χ0) is 29.4. The monoisotopic (exact) mass is 562 g/mol. The molecule has 0 aliphatic rings. The quantitative estimate of drug-likeness (QED) is 0.0603. The van der Waals surface area contributed by atoms with Gasteiger partial charge < -0.3 is 15.5 Å². The number of allylic oxidation sites excluding steroid dienone is 5. The van der Waals surface area contributed by atoms with Crippen LogP contribution in [-0.4, -0.2) is 34.9 Å². The van der Waals surface area contributed by atoms with Crippen LogP contribution in [0.25, 0.3) is 0 Å². The Morgan fingerprint density at radius 1 is 0.600 bits per heavy atom. The van der Waals surface area contributed by atoms with Gasteiger partial charge in [-0.15, -0.1) is 0 Å². The van der Waals surface area contributed by atoms with Crippen molar-refractivity contribution in [3.8, 4) is 0 Å². The first-order valence-corrected chi connectivity index (χ1v) is 17.2. The van der Waals surface area contributed by atoms with Crippen molar-refractivity contribution in [2.75, 3.05) is 6.61 Å². The molecule has 1 amide bonds. The van der Waals surface area contributed by atoms with E-state index < -0.39 is 12.1 Å². The molecule has 2 atom stereocenters. The fourth-order valence-electron chi connectivity index (χ4n) is 4.92. The third kappa shape index (κ3) is 28.1. The fourth-order valence-corrected chi connectivity index (χ4v) is 4.92. The SMILES string of the molecule is CCC/C=C/C(O)C(CO)NC(=O)CCCCCCCCCCCCCCC/C=C\C/C=C\CCCCCCC. The van der Waals surface area contributed by atoms with Crippen LogP contribution in [0.5, 0.6) is 0 Å². The lowest BCUT2D eigenvalue weighted by molar-refractivity contribution is -0.123. The van der Waals surface area contributed by atoms with Crippen molar-refractivity contribution < 1.29 is 15.0 Å². The van der Waals surface area contributed by atoms with E-state index in [-0.39, 0.29) is 12.5 Å². The molecule has 0 aromatic rings. The Bertz CT molecular complexity index is 613. The molecule has 0 rings (SSSR count). The van der Waals surface area contributed by atoms with Gasteiger partial charge in [0.15, 0.2) is 0 Å². The highest BCUT2D eigenvalue weighted by Gasteiger charge is 2.17. The Hall–Kier alpha value is -1.39. The second-order valence-corrected chi connectivity index (χ2v) is 11.6. The summed E-state index contributed by atoms with van der Waals surface area (Å²) >= 11 is 0. The molecule has 0 fully saturated rings. The third-order valence-corrected chi connectivity index (χ3v) is 7.60. The van der Waals surface area contributed by atoms with E-state index in [2.05, 4.69) is 43.5 Å². The summed E-state index contributed by atoms with van der Waals surface area (Å²) < 4.78 is 0. The van der Waals surface area contributed by atoms with Crippen LogP contribution in [0.4, 0.5) is 0 Å². The molecular weight excluding hydrogens is 494 g/mol. The number of nitrogens with one attached hydrogen (secondary N) is 1. The average Bonchev–Trinajstić information content (AvgIpc) is 2.96. The molecule has 40 heavy (non-hydrogen) atoms. The number of aliphatic hydroxyl groups is 2. The van der Waals surface area contributed by atoms with Gasteiger partial charge >= 0.3 is 0 Å². The molecule has 0 spiro atoms. The van der Waals surface area contributed by atoms with E-state index >= 15 is 0 Å². The molecule has 0 heterocycles. The van der Waals surface area contributed by atoms with Crippen LogP contribution < -0.4 is 5.32 Å². The molecule has 4 heteroatoms. The summed E-state index contributed by atoms with van der Waals surface area (Å²) in [4.78, 5) is 12.1. The van der Waals surface area contributed by atoms with Gasteiger partial charge in [0, 0.05) is 6.42 Å². The summed E-state index contributed by atoms with van der Waals surface area (Å²) in [6.07, 6.45) is 41.5. The van der Waals surface area contributed by atoms with E-state index in [9.17, 15) is 15.0 Å². The molecule has 0 radical (unpaired) electrons. The van der Waals surface area contributed by atoms with Gasteiger partial charge in [0.25, 0.3) is 0 Å². The summed E-state index contributed by atoms with van der Waals surface area (Å²) in [5.41, 5.74) is 0. The standard InChI is InChI=1S/C36H67NO3/c1-3-5-7-8-9-10-11-12-13-14-15-16-17-18-19-20-21-22-23-24-25-26-27-28-30-32-36(40)37-34(33-38)35(39)31-29-6-4-2/h11-12,14-15,29,31,34-35,38-39H,3-10,13,16-28,30,32-33H2,1-2H3,(H,37,40)/b12-11-,15-14-,31-29+. The van der Waals surface area contributed by atoms with Crippen LogP contribution in [0.15, 0.2) is 36.5 Å². The lowest BCUT2D eigenvalue weighted by atomic mass is 10.0. The number of unbranched alkanes of at least 4 members (excludes halogenated alkanes) is 19. The topological polar surface area (TPSA) is 69.6 Å². The maximum atomic E-state index is 12.1. The van der Waals surface area contributed by atoms with Crippen molar-refractivity contribution in [3.05, 3.63) is 36.5 Å². The fraction of sp³-hybridized carbons (Fsp3) is 0.806. The van der Waals surface area contributed by atoms with Gasteiger partial charge in [-0.3, -0.25) is 4.79 Å². The van der Waals surface area contributed by atoms with Gasteiger partial charge in [0.1, 0.15) is 0 Å². The molecule has 0 saturated carbocycles. The van der Waals surface area contributed by atoms with Gasteiger partial charge in [-0.2, -0.15) is 0 Å². The highest BCUT2D eigenvalue weighted by atomic mass is 16.3. The lowest BCUT2D eigenvalue weighted by Crippen LogP contribution is -2.45. The smallest absolute Gasteiger partial charge is 0.220 e. The maximum Gasteiger partial charge on any atom is 0.220 e. The zero-order valence-corrected chi connectivity index (χ0v) is 26.6. The van der Waals surface area contributed by atoms with Crippen molar-refractivity contribution in [2.45, 2.75) is 180 Å². The van der Waals surface area contributed by atoms with Gasteiger partial charge in [-0.1, -0.05) is 153 Å². The van der Waals surface area contributed by atoms with Crippen LogP contribution >= 0.6 is 0 Å². The molecule has 2 unspecified atom stereocenters. The van der Waals surface area contributed by atoms with E-state index in [0.717, 1.165) is 32.1 Å². The Balaban J connectivity index is 3.40. The molecule has 3 N–H and O–H groups in total. The number of rotatable bonds is 30. The van der Waals surface area contributed by atoms with Crippen LogP contribution in [-0.2, 0) is 4.79 Å². The third-order valence-electron chi connectivity index (χ3n) is 7.60. The molecule has 0 aliphatic heterocycles. The second kappa shape index (κ2) is 32.1. The predicted molar refractivity (Wildman–Crippen MR) is 175 cm³/mol. The Morgan fingerprint density at radius 3 is 1.55 bits per heavy atom. The number of hydrogen-bond acceptors (Lipinski definition) is 3. The summed E-state index contributed by atoms with van der Waals surface area (Å²) in [6, 6.07) is -0.616. The summed E-state index contributed by atoms with van der Waals surface area (Å²) in [6.45, 7) is 4.09. The first-order chi connectivity index (χ1) is 19.7. The Morgan fingerprint density at radius 2 is 1.07 bits per heavy atom. The molecule has 0 saturated heterocycles.